The Morgan fingerprint density at radius 3 is 2.45 bits per heavy atom. The summed E-state index contributed by atoms with van der Waals surface area (Å²) in [4.78, 5) is 0. The first-order valence-electron chi connectivity index (χ1n) is 4.72. The molecule has 2 aliphatic rings. The van der Waals surface area contributed by atoms with Gasteiger partial charge in [-0.05, 0) is 38.5 Å². The zero-order chi connectivity index (χ0) is 7.73. The number of ether oxygens (including phenoxy) is 1. The number of hydrogen-bond donors (Lipinski definition) is 1. The second-order valence-electron chi connectivity index (χ2n) is 3.94. The van der Waals surface area contributed by atoms with Gasteiger partial charge in [0.2, 0.25) is 0 Å². The van der Waals surface area contributed by atoms with Gasteiger partial charge in [0.1, 0.15) is 0 Å². The van der Waals surface area contributed by atoms with E-state index in [0.717, 1.165) is 6.61 Å². The van der Waals surface area contributed by atoms with Crippen molar-refractivity contribution in [3.05, 3.63) is 0 Å². The van der Waals surface area contributed by atoms with Crippen molar-refractivity contribution in [3.8, 4) is 0 Å². The third kappa shape index (κ3) is 1.30. The molecule has 0 aromatic rings. The molecule has 11 heavy (non-hydrogen) atoms. The van der Waals surface area contributed by atoms with Crippen LogP contribution < -0.4 is 5.73 Å². The molecular weight excluding hydrogens is 138 g/mol. The molecule has 1 aliphatic heterocycles. The van der Waals surface area contributed by atoms with Crippen molar-refractivity contribution in [3.63, 3.8) is 0 Å². The van der Waals surface area contributed by atoms with Crippen LogP contribution in [0, 0.1) is 0 Å². The van der Waals surface area contributed by atoms with Crippen LogP contribution in [0.25, 0.3) is 0 Å². The lowest BCUT2D eigenvalue weighted by atomic mass is 9.72. The third-order valence-electron chi connectivity index (χ3n) is 3.11. The van der Waals surface area contributed by atoms with E-state index in [2.05, 4.69) is 0 Å². The monoisotopic (exact) mass is 155 g/mol. The van der Waals surface area contributed by atoms with Crippen LogP contribution in [-0.4, -0.2) is 18.2 Å². The Morgan fingerprint density at radius 2 is 2.00 bits per heavy atom. The normalized spacial score (nSPS) is 36.3. The molecule has 2 rings (SSSR count). The lowest BCUT2D eigenvalue weighted by Gasteiger charge is -2.45. The predicted molar refractivity (Wildman–Crippen MR) is 44.4 cm³/mol. The van der Waals surface area contributed by atoms with Gasteiger partial charge in [0.15, 0.2) is 0 Å². The number of nitrogens with two attached hydrogens (primary N) is 1. The first-order valence-corrected chi connectivity index (χ1v) is 4.72. The van der Waals surface area contributed by atoms with Gasteiger partial charge in [-0.3, -0.25) is 0 Å². The van der Waals surface area contributed by atoms with Crippen LogP contribution >= 0.6 is 0 Å². The van der Waals surface area contributed by atoms with Gasteiger partial charge in [-0.1, -0.05) is 0 Å². The Balaban J connectivity index is 1.91. The minimum absolute atomic E-state index is 0.0699. The molecule has 2 heteroatoms. The highest BCUT2D eigenvalue weighted by atomic mass is 16.5. The smallest absolute Gasteiger partial charge is 0.0754 e. The molecule has 0 amide bonds. The van der Waals surface area contributed by atoms with Crippen LogP contribution in [0.1, 0.15) is 38.5 Å². The van der Waals surface area contributed by atoms with Crippen LogP contribution in [0.4, 0.5) is 0 Å². The standard InChI is InChI=1S/C9H17NO/c10-9(5-3-6-9)8-4-1-2-7-11-8/h8H,1-7,10H2. The highest BCUT2D eigenvalue weighted by molar-refractivity contribution is 4.99. The topological polar surface area (TPSA) is 35.2 Å². The fraction of sp³-hybridized carbons (Fsp3) is 1.00. The van der Waals surface area contributed by atoms with Crippen molar-refractivity contribution in [2.24, 2.45) is 5.73 Å². The minimum atomic E-state index is 0.0699. The average Bonchev–Trinajstić information content (AvgIpc) is 2.02. The highest BCUT2D eigenvalue weighted by Gasteiger charge is 2.41. The molecule has 0 bridgehead atoms. The van der Waals surface area contributed by atoms with Crippen molar-refractivity contribution in [2.45, 2.75) is 50.2 Å². The highest BCUT2D eigenvalue weighted by Crippen LogP contribution is 2.37. The van der Waals surface area contributed by atoms with Crippen molar-refractivity contribution in [2.75, 3.05) is 6.61 Å². The first-order chi connectivity index (χ1) is 5.31. The number of hydrogen-bond acceptors (Lipinski definition) is 2. The maximum atomic E-state index is 6.15. The predicted octanol–water partition coefficient (Wildman–Crippen LogP) is 1.44. The molecule has 0 radical (unpaired) electrons. The summed E-state index contributed by atoms with van der Waals surface area (Å²) >= 11 is 0. The van der Waals surface area contributed by atoms with E-state index in [-0.39, 0.29) is 5.54 Å². The van der Waals surface area contributed by atoms with E-state index in [0.29, 0.717) is 6.10 Å². The molecule has 64 valence electrons. The number of rotatable bonds is 1. The van der Waals surface area contributed by atoms with Gasteiger partial charge in [-0.2, -0.15) is 0 Å². The van der Waals surface area contributed by atoms with E-state index in [1.807, 2.05) is 0 Å². The summed E-state index contributed by atoms with van der Waals surface area (Å²) in [6.07, 6.45) is 7.77. The SMILES string of the molecule is NC1(C2CCCCO2)CCC1. The Morgan fingerprint density at radius 1 is 1.18 bits per heavy atom. The van der Waals surface area contributed by atoms with Crippen LogP contribution in [0.15, 0.2) is 0 Å². The Bertz CT molecular complexity index is 136. The lowest BCUT2D eigenvalue weighted by Crippen LogP contribution is -2.57. The van der Waals surface area contributed by atoms with Crippen molar-refractivity contribution >= 4 is 0 Å². The van der Waals surface area contributed by atoms with Gasteiger partial charge < -0.3 is 10.5 Å². The molecule has 1 aliphatic carbocycles. The molecule has 0 aromatic carbocycles. The van der Waals surface area contributed by atoms with Crippen LogP contribution in [0.5, 0.6) is 0 Å². The Labute approximate surface area is 68.1 Å². The molecular formula is C9H17NO. The second kappa shape index (κ2) is 2.76. The van der Waals surface area contributed by atoms with E-state index < -0.39 is 0 Å². The molecule has 2 N–H and O–H groups in total. The summed E-state index contributed by atoms with van der Waals surface area (Å²) in [6.45, 7) is 0.934. The van der Waals surface area contributed by atoms with Gasteiger partial charge in [0, 0.05) is 12.1 Å². The van der Waals surface area contributed by atoms with Gasteiger partial charge >= 0.3 is 0 Å². The molecule has 1 atom stereocenters. The van der Waals surface area contributed by atoms with E-state index in [1.165, 1.54) is 38.5 Å². The van der Waals surface area contributed by atoms with E-state index >= 15 is 0 Å². The molecule has 1 saturated heterocycles. The van der Waals surface area contributed by atoms with Crippen LogP contribution in [0.3, 0.4) is 0 Å². The fourth-order valence-corrected chi connectivity index (χ4v) is 2.10. The van der Waals surface area contributed by atoms with E-state index in [9.17, 15) is 0 Å². The maximum Gasteiger partial charge on any atom is 0.0754 e. The summed E-state index contributed by atoms with van der Waals surface area (Å²) in [5.41, 5.74) is 6.22. The lowest BCUT2D eigenvalue weighted by molar-refractivity contribution is -0.0576. The van der Waals surface area contributed by atoms with Crippen LogP contribution in [0.2, 0.25) is 0 Å². The Hall–Kier alpha value is -0.0800. The van der Waals surface area contributed by atoms with Crippen molar-refractivity contribution < 1.29 is 4.74 Å². The summed E-state index contributed by atoms with van der Waals surface area (Å²) in [7, 11) is 0. The summed E-state index contributed by atoms with van der Waals surface area (Å²) in [5, 5.41) is 0. The largest absolute Gasteiger partial charge is 0.376 e. The summed E-state index contributed by atoms with van der Waals surface area (Å²) in [5.74, 6) is 0. The summed E-state index contributed by atoms with van der Waals surface area (Å²) < 4.78 is 5.66. The fourth-order valence-electron chi connectivity index (χ4n) is 2.10. The molecule has 2 fully saturated rings. The van der Waals surface area contributed by atoms with E-state index in [4.69, 9.17) is 10.5 Å². The van der Waals surface area contributed by atoms with Gasteiger partial charge in [0.05, 0.1) is 6.10 Å². The quantitative estimate of drug-likeness (QED) is 0.622. The second-order valence-corrected chi connectivity index (χ2v) is 3.94. The van der Waals surface area contributed by atoms with Gasteiger partial charge in [-0.25, -0.2) is 0 Å². The summed E-state index contributed by atoms with van der Waals surface area (Å²) in [6, 6.07) is 0. The van der Waals surface area contributed by atoms with Crippen molar-refractivity contribution in [1.29, 1.82) is 0 Å². The third-order valence-corrected chi connectivity index (χ3v) is 3.11. The molecule has 2 nitrogen and oxygen atoms in total. The van der Waals surface area contributed by atoms with E-state index in [1.54, 1.807) is 0 Å². The molecule has 1 saturated carbocycles. The zero-order valence-corrected chi connectivity index (χ0v) is 7.01. The minimum Gasteiger partial charge on any atom is -0.376 e. The maximum absolute atomic E-state index is 6.15. The average molecular weight is 155 g/mol. The molecule has 1 unspecified atom stereocenters. The first kappa shape index (κ1) is 7.56. The zero-order valence-electron chi connectivity index (χ0n) is 7.01. The molecule has 0 spiro atoms. The van der Waals surface area contributed by atoms with Gasteiger partial charge in [0.25, 0.3) is 0 Å². The molecule has 1 heterocycles. The van der Waals surface area contributed by atoms with Gasteiger partial charge in [-0.15, -0.1) is 0 Å². The van der Waals surface area contributed by atoms with Crippen molar-refractivity contribution in [1.82, 2.24) is 0 Å². The molecule has 0 aromatic heterocycles. The Kier molecular flexibility index (Phi) is 1.90. The van der Waals surface area contributed by atoms with Crippen LogP contribution in [-0.2, 0) is 4.74 Å².